The van der Waals surface area contributed by atoms with E-state index in [-0.39, 0.29) is 46.6 Å². The van der Waals surface area contributed by atoms with Crippen LogP contribution in [0.2, 0.25) is 0 Å². The fourth-order valence-corrected chi connectivity index (χ4v) is 5.32. The van der Waals surface area contributed by atoms with Crippen LogP contribution in [0.4, 0.5) is 0 Å². The third-order valence-corrected chi connectivity index (χ3v) is 7.30. The molecule has 0 N–H and O–H groups in total. The van der Waals surface area contributed by atoms with Gasteiger partial charge in [-0.3, -0.25) is 0 Å². The summed E-state index contributed by atoms with van der Waals surface area (Å²) in [6.07, 6.45) is 0. The van der Waals surface area contributed by atoms with Crippen molar-refractivity contribution in [2.45, 2.75) is 78.6 Å². The number of rotatable bonds is 2. The van der Waals surface area contributed by atoms with E-state index in [1.54, 1.807) is 0 Å². The number of nitrogens with zero attached hydrogens (tertiary/aromatic N) is 1. The average Bonchev–Trinajstić information content (AvgIpc) is 3.22. The maximum absolute atomic E-state index is 8.77. The Kier molecular flexibility index (Phi) is 4.60. The molecule has 0 amide bonds. The molecule has 1 aromatic heterocycles. The van der Waals surface area contributed by atoms with E-state index in [4.69, 9.17) is 6.85 Å². The van der Waals surface area contributed by atoms with Crippen molar-refractivity contribution in [3.05, 3.63) is 101 Å². The van der Waals surface area contributed by atoms with E-state index < -0.39 is 5.41 Å². The van der Waals surface area contributed by atoms with Gasteiger partial charge in [-0.1, -0.05) is 117 Å². The van der Waals surface area contributed by atoms with Gasteiger partial charge in [0.2, 0.25) is 0 Å². The molecule has 4 aromatic carbocycles. The van der Waals surface area contributed by atoms with Crippen LogP contribution in [0.25, 0.3) is 38.6 Å². The van der Waals surface area contributed by atoms with Gasteiger partial charge in [-0.25, -0.2) is 0 Å². The molecule has 190 valence electrons. The SMILES string of the molecule is [2H]c1c([2H])c([2H])c(-c2cccc(-n3c4ccc(C(C)(C)C)cc4c4cc(C(C)(C)C)ccc43)c2C(C)(C)C)c([2H])c1[2H]. The fraction of sp³-hybridized carbons (Fsp3) is 0.333. The van der Waals surface area contributed by atoms with E-state index in [1.807, 2.05) is 12.1 Å². The van der Waals surface area contributed by atoms with E-state index in [1.165, 1.54) is 21.9 Å². The molecule has 0 aliphatic rings. The quantitative estimate of drug-likeness (QED) is 0.231. The van der Waals surface area contributed by atoms with Gasteiger partial charge in [0.25, 0.3) is 0 Å². The van der Waals surface area contributed by atoms with Crippen molar-refractivity contribution in [1.82, 2.24) is 4.57 Å². The lowest BCUT2D eigenvalue weighted by Crippen LogP contribution is -2.17. The monoisotopic (exact) mass is 492 g/mol. The summed E-state index contributed by atoms with van der Waals surface area (Å²) in [5.74, 6) is 0. The van der Waals surface area contributed by atoms with E-state index >= 15 is 0 Å². The number of benzene rings is 4. The van der Waals surface area contributed by atoms with E-state index in [0.29, 0.717) is 5.56 Å². The van der Waals surface area contributed by atoms with Crippen LogP contribution >= 0.6 is 0 Å². The molecule has 5 rings (SSSR count). The molecule has 37 heavy (non-hydrogen) atoms. The molecule has 0 aliphatic carbocycles. The zero-order valence-electron chi connectivity index (χ0n) is 28.6. The Hall–Kier alpha value is -3.32. The second-order valence-electron chi connectivity index (χ2n) is 13.2. The highest BCUT2D eigenvalue weighted by atomic mass is 15.0. The number of hydrogen-bond donors (Lipinski definition) is 0. The average molecular weight is 493 g/mol. The molecule has 0 radical (unpaired) electrons. The summed E-state index contributed by atoms with van der Waals surface area (Å²) in [5.41, 5.74) is 7.01. The van der Waals surface area contributed by atoms with Gasteiger partial charge >= 0.3 is 0 Å². The molecule has 0 atom stereocenters. The van der Waals surface area contributed by atoms with Crippen LogP contribution in [-0.2, 0) is 16.2 Å². The minimum absolute atomic E-state index is 0.0122. The van der Waals surface area contributed by atoms with Crippen LogP contribution in [0.5, 0.6) is 0 Å². The molecule has 0 saturated carbocycles. The maximum Gasteiger partial charge on any atom is 0.0629 e. The van der Waals surface area contributed by atoms with Crippen molar-refractivity contribution in [3.63, 3.8) is 0 Å². The van der Waals surface area contributed by atoms with Crippen LogP contribution in [0.3, 0.4) is 0 Å². The minimum atomic E-state index is -0.408. The van der Waals surface area contributed by atoms with E-state index in [0.717, 1.165) is 22.3 Å². The number of hydrogen-bond acceptors (Lipinski definition) is 0. The number of fused-ring (bicyclic) bond motifs is 3. The zero-order chi connectivity index (χ0) is 31.1. The molecular formula is C36H41N. The topological polar surface area (TPSA) is 4.93 Å². The van der Waals surface area contributed by atoms with Gasteiger partial charge in [-0.15, -0.1) is 0 Å². The van der Waals surface area contributed by atoms with Crippen molar-refractivity contribution >= 4 is 21.8 Å². The van der Waals surface area contributed by atoms with Crippen molar-refractivity contribution in [1.29, 1.82) is 0 Å². The Bertz CT molecular complexity index is 1770. The summed E-state index contributed by atoms with van der Waals surface area (Å²) in [6.45, 7) is 19.7. The van der Waals surface area contributed by atoms with Crippen LogP contribution in [-0.4, -0.2) is 4.57 Å². The Morgan fingerprint density at radius 1 is 0.595 bits per heavy atom. The highest BCUT2D eigenvalue weighted by molar-refractivity contribution is 6.10. The first-order chi connectivity index (χ1) is 19.3. The first kappa shape index (κ1) is 19.7. The van der Waals surface area contributed by atoms with Crippen LogP contribution < -0.4 is 0 Å². The normalized spacial score (nSPS) is 14.9. The standard InChI is InChI=1S/C36H41N/c1-34(2,3)25-18-20-30-28(22-25)29-23-26(35(4,5)6)19-21-31(29)37(30)32-17-13-16-27(33(32)36(7,8)9)24-14-11-10-12-15-24/h10-23H,1-9H3/i10D,11D,12D,14D,15D. The highest BCUT2D eigenvalue weighted by Crippen LogP contribution is 2.42. The Labute approximate surface area is 230 Å². The fourth-order valence-electron chi connectivity index (χ4n) is 5.32. The van der Waals surface area contributed by atoms with Crippen LogP contribution in [0.15, 0.2) is 84.8 Å². The predicted molar refractivity (Wildman–Crippen MR) is 162 cm³/mol. The lowest BCUT2D eigenvalue weighted by Gasteiger charge is -2.28. The molecule has 0 fully saturated rings. The van der Waals surface area contributed by atoms with Crippen LogP contribution in [0.1, 0.15) is 85.9 Å². The van der Waals surface area contributed by atoms with Gasteiger partial charge in [0, 0.05) is 10.8 Å². The van der Waals surface area contributed by atoms with Gasteiger partial charge in [0.05, 0.1) is 23.6 Å². The lowest BCUT2D eigenvalue weighted by molar-refractivity contribution is 0.589. The molecular weight excluding hydrogens is 446 g/mol. The second-order valence-corrected chi connectivity index (χ2v) is 13.2. The third kappa shape index (κ3) is 4.50. The first-order valence-electron chi connectivity index (χ1n) is 15.6. The summed E-state index contributed by atoms with van der Waals surface area (Å²) < 4.78 is 44.7. The smallest absolute Gasteiger partial charge is 0.0629 e. The van der Waals surface area contributed by atoms with Crippen molar-refractivity contribution in [3.8, 4) is 16.8 Å². The molecule has 5 aromatic rings. The minimum Gasteiger partial charge on any atom is -0.309 e. The summed E-state index contributed by atoms with van der Waals surface area (Å²) >= 11 is 0. The van der Waals surface area contributed by atoms with Crippen molar-refractivity contribution in [2.75, 3.05) is 0 Å². The molecule has 0 bridgehead atoms. The molecule has 1 heteroatoms. The summed E-state index contributed by atoms with van der Waals surface area (Å²) in [4.78, 5) is 0. The third-order valence-electron chi connectivity index (χ3n) is 7.30. The summed E-state index contributed by atoms with van der Waals surface area (Å²) in [7, 11) is 0. The Balaban J connectivity index is 1.96. The van der Waals surface area contributed by atoms with Gasteiger partial charge in [-0.2, -0.15) is 0 Å². The van der Waals surface area contributed by atoms with Gasteiger partial charge in [-0.05, 0) is 74.4 Å². The second kappa shape index (κ2) is 8.62. The first-order valence-corrected chi connectivity index (χ1v) is 13.1. The largest absolute Gasteiger partial charge is 0.309 e. The Morgan fingerprint density at radius 3 is 1.57 bits per heavy atom. The molecule has 0 spiro atoms. The predicted octanol–water partition coefficient (Wildman–Crippen LogP) is 10.3. The molecule has 1 nitrogen and oxygen atoms in total. The molecule has 1 heterocycles. The van der Waals surface area contributed by atoms with Crippen LogP contribution in [0, 0.1) is 0 Å². The van der Waals surface area contributed by atoms with Crippen molar-refractivity contribution < 1.29 is 6.85 Å². The zero-order valence-corrected chi connectivity index (χ0v) is 23.6. The van der Waals surface area contributed by atoms with E-state index in [2.05, 4.69) is 109 Å². The van der Waals surface area contributed by atoms with Gasteiger partial charge < -0.3 is 4.57 Å². The number of aromatic nitrogens is 1. The Morgan fingerprint density at radius 2 is 1.11 bits per heavy atom. The van der Waals surface area contributed by atoms with E-state index in [9.17, 15) is 0 Å². The maximum atomic E-state index is 8.77. The molecule has 0 aliphatic heterocycles. The van der Waals surface area contributed by atoms with Gasteiger partial charge in [0.15, 0.2) is 0 Å². The van der Waals surface area contributed by atoms with Gasteiger partial charge in [0.1, 0.15) is 0 Å². The summed E-state index contributed by atoms with van der Waals surface area (Å²) in [5, 5.41) is 2.35. The lowest BCUT2D eigenvalue weighted by atomic mass is 9.80. The van der Waals surface area contributed by atoms with Crippen molar-refractivity contribution in [2.24, 2.45) is 0 Å². The molecule has 0 unspecified atom stereocenters. The molecule has 0 saturated heterocycles. The summed E-state index contributed by atoms with van der Waals surface area (Å²) in [6, 6.07) is 18.0. The highest BCUT2D eigenvalue weighted by Gasteiger charge is 2.26.